The van der Waals surface area contributed by atoms with Crippen LogP contribution in [0.25, 0.3) is 0 Å². The molecule has 0 bridgehead atoms. The van der Waals surface area contributed by atoms with Crippen LogP contribution in [0, 0.1) is 6.92 Å². The summed E-state index contributed by atoms with van der Waals surface area (Å²) in [6.45, 7) is 2.91. The summed E-state index contributed by atoms with van der Waals surface area (Å²) in [5.41, 5.74) is 3.02. The molecular formula is C16H16ClNO3. The number of hydrogen-bond donors (Lipinski definition) is 1. The Kier molecular flexibility index (Phi) is 3.80. The summed E-state index contributed by atoms with van der Waals surface area (Å²) in [5.74, 6) is 2.30. The lowest BCUT2D eigenvalue weighted by molar-refractivity contribution is 0.174. The first kappa shape index (κ1) is 13.9. The molecule has 1 aliphatic heterocycles. The van der Waals surface area contributed by atoms with Crippen LogP contribution in [-0.2, 0) is 6.54 Å². The zero-order chi connectivity index (χ0) is 14.8. The number of hydrogen-bond acceptors (Lipinski definition) is 4. The smallest absolute Gasteiger partial charge is 0.231 e. The van der Waals surface area contributed by atoms with Crippen LogP contribution in [0.15, 0.2) is 30.3 Å². The Morgan fingerprint density at radius 1 is 1.19 bits per heavy atom. The third-order valence-corrected chi connectivity index (χ3v) is 3.81. The van der Waals surface area contributed by atoms with E-state index >= 15 is 0 Å². The van der Waals surface area contributed by atoms with Gasteiger partial charge in [0.2, 0.25) is 6.79 Å². The van der Waals surface area contributed by atoms with Crippen molar-refractivity contribution in [2.75, 3.05) is 19.2 Å². The molecule has 0 atom stereocenters. The standard InChI is InChI=1S/C16H16ClNO3/c1-10-5-13(15(19-2)7-12(10)17)18-8-11-3-4-14-16(6-11)21-9-20-14/h3-7,18H,8-9H2,1-2H3. The van der Waals surface area contributed by atoms with Gasteiger partial charge in [0.15, 0.2) is 11.5 Å². The van der Waals surface area contributed by atoms with Crippen LogP contribution in [0.4, 0.5) is 5.69 Å². The molecule has 5 heteroatoms. The van der Waals surface area contributed by atoms with E-state index in [9.17, 15) is 0 Å². The molecule has 0 saturated heterocycles. The highest BCUT2D eigenvalue weighted by molar-refractivity contribution is 6.31. The number of nitrogens with one attached hydrogen (secondary N) is 1. The van der Waals surface area contributed by atoms with Crippen molar-refractivity contribution in [1.82, 2.24) is 0 Å². The van der Waals surface area contributed by atoms with Gasteiger partial charge in [-0.05, 0) is 36.2 Å². The molecule has 1 heterocycles. The molecule has 0 fully saturated rings. The van der Waals surface area contributed by atoms with Gasteiger partial charge in [0.25, 0.3) is 0 Å². The molecule has 2 aromatic carbocycles. The first-order chi connectivity index (χ1) is 10.2. The number of halogens is 1. The van der Waals surface area contributed by atoms with Gasteiger partial charge >= 0.3 is 0 Å². The summed E-state index contributed by atoms with van der Waals surface area (Å²) >= 11 is 6.11. The van der Waals surface area contributed by atoms with Crippen molar-refractivity contribution in [1.29, 1.82) is 0 Å². The lowest BCUT2D eigenvalue weighted by Crippen LogP contribution is -2.02. The average Bonchev–Trinajstić information content (AvgIpc) is 2.95. The topological polar surface area (TPSA) is 39.7 Å². The molecule has 110 valence electrons. The Hall–Kier alpha value is -2.07. The van der Waals surface area contributed by atoms with E-state index in [2.05, 4.69) is 5.32 Å². The van der Waals surface area contributed by atoms with Gasteiger partial charge in [-0.1, -0.05) is 17.7 Å². The van der Waals surface area contributed by atoms with Crippen molar-refractivity contribution in [2.24, 2.45) is 0 Å². The molecule has 1 N–H and O–H groups in total. The monoisotopic (exact) mass is 305 g/mol. The predicted octanol–water partition coefficient (Wildman–Crippen LogP) is 4.00. The highest BCUT2D eigenvalue weighted by atomic mass is 35.5. The summed E-state index contributed by atoms with van der Waals surface area (Å²) in [4.78, 5) is 0. The first-order valence-electron chi connectivity index (χ1n) is 6.64. The maximum atomic E-state index is 6.11. The molecule has 1 aliphatic rings. The molecule has 2 aromatic rings. The molecule has 0 saturated carbocycles. The second kappa shape index (κ2) is 5.74. The third-order valence-electron chi connectivity index (χ3n) is 3.40. The third kappa shape index (κ3) is 2.85. The van der Waals surface area contributed by atoms with Crippen molar-refractivity contribution >= 4 is 17.3 Å². The number of anilines is 1. The molecule has 0 unspecified atom stereocenters. The Labute approximate surface area is 128 Å². The van der Waals surface area contributed by atoms with Crippen molar-refractivity contribution in [3.05, 3.63) is 46.5 Å². The van der Waals surface area contributed by atoms with E-state index in [1.54, 1.807) is 7.11 Å². The molecule has 0 aliphatic carbocycles. The van der Waals surface area contributed by atoms with Crippen molar-refractivity contribution < 1.29 is 14.2 Å². The largest absolute Gasteiger partial charge is 0.495 e. The first-order valence-corrected chi connectivity index (χ1v) is 7.01. The maximum Gasteiger partial charge on any atom is 0.231 e. The van der Waals surface area contributed by atoms with E-state index in [1.807, 2.05) is 37.3 Å². The van der Waals surface area contributed by atoms with Crippen molar-refractivity contribution in [2.45, 2.75) is 13.5 Å². The quantitative estimate of drug-likeness (QED) is 0.927. The van der Waals surface area contributed by atoms with Crippen LogP contribution in [0.5, 0.6) is 17.2 Å². The predicted molar refractivity (Wildman–Crippen MR) is 82.6 cm³/mol. The van der Waals surface area contributed by atoms with E-state index in [-0.39, 0.29) is 6.79 Å². The zero-order valence-electron chi connectivity index (χ0n) is 11.9. The number of rotatable bonds is 4. The summed E-state index contributed by atoms with van der Waals surface area (Å²) in [6.07, 6.45) is 0. The van der Waals surface area contributed by atoms with Crippen LogP contribution >= 0.6 is 11.6 Å². The molecule has 21 heavy (non-hydrogen) atoms. The highest BCUT2D eigenvalue weighted by Gasteiger charge is 2.13. The summed E-state index contributed by atoms with van der Waals surface area (Å²) < 4.78 is 16.0. The van der Waals surface area contributed by atoms with Gasteiger partial charge < -0.3 is 19.5 Å². The van der Waals surface area contributed by atoms with E-state index < -0.39 is 0 Å². The molecule has 4 nitrogen and oxygen atoms in total. The fraction of sp³-hybridized carbons (Fsp3) is 0.250. The number of aryl methyl sites for hydroxylation is 1. The van der Waals surface area contributed by atoms with Gasteiger partial charge in [-0.2, -0.15) is 0 Å². The summed E-state index contributed by atoms with van der Waals surface area (Å²) in [6, 6.07) is 9.71. The Balaban J connectivity index is 1.77. The van der Waals surface area contributed by atoms with Crippen LogP contribution in [0.3, 0.4) is 0 Å². The minimum atomic E-state index is 0.288. The second-order valence-corrected chi connectivity index (χ2v) is 5.25. The molecule has 0 amide bonds. The highest BCUT2D eigenvalue weighted by Crippen LogP contribution is 2.34. The van der Waals surface area contributed by atoms with E-state index in [0.29, 0.717) is 11.6 Å². The van der Waals surface area contributed by atoms with Crippen molar-refractivity contribution in [3.63, 3.8) is 0 Å². The minimum Gasteiger partial charge on any atom is -0.495 e. The van der Waals surface area contributed by atoms with Gasteiger partial charge in [0.05, 0.1) is 12.8 Å². The second-order valence-electron chi connectivity index (χ2n) is 4.84. The summed E-state index contributed by atoms with van der Waals surface area (Å²) in [7, 11) is 1.63. The lowest BCUT2D eigenvalue weighted by Gasteiger charge is -2.13. The normalized spacial score (nSPS) is 12.3. The average molecular weight is 306 g/mol. The van der Waals surface area contributed by atoms with Gasteiger partial charge in [0, 0.05) is 17.6 Å². The van der Waals surface area contributed by atoms with E-state index in [1.165, 1.54) is 0 Å². The van der Waals surface area contributed by atoms with Crippen LogP contribution in [0.1, 0.15) is 11.1 Å². The molecule has 0 spiro atoms. The van der Waals surface area contributed by atoms with Crippen LogP contribution in [-0.4, -0.2) is 13.9 Å². The van der Waals surface area contributed by atoms with Gasteiger partial charge in [-0.25, -0.2) is 0 Å². The van der Waals surface area contributed by atoms with Gasteiger partial charge in [-0.3, -0.25) is 0 Å². The Morgan fingerprint density at radius 2 is 2.00 bits per heavy atom. The Morgan fingerprint density at radius 3 is 2.81 bits per heavy atom. The molecule has 0 radical (unpaired) electrons. The Bertz CT molecular complexity index is 673. The molecule has 0 aromatic heterocycles. The SMILES string of the molecule is COc1cc(Cl)c(C)cc1NCc1ccc2c(c1)OCO2. The van der Waals surface area contributed by atoms with Crippen LogP contribution < -0.4 is 19.5 Å². The zero-order valence-corrected chi connectivity index (χ0v) is 12.7. The van der Waals surface area contributed by atoms with Crippen LogP contribution in [0.2, 0.25) is 5.02 Å². The van der Waals surface area contributed by atoms with Gasteiger partial charge in [0.1, 0.15) is 5.75 Å². The van der Waals surface area contributed by atoms with Gasteiger partial charge in [-0.15, -0.1) is 0 Å². The minimum absolute atomic E-state index is 0.288. The number of ether oxygens (including phenoxy) is 3. The summed E-state index contributed by atoms with van der Waals surface area (Å²) in [5, 5.41) is 4.05. The maximum absolute atomic E-state index is 6.11. The number of fused-ring (bicyclic) bond motifs is 1. The lowest BCUT2D eigenvalue weighted by atomic mass is 10.1. The fourth-order valence-corrected chi connectivity index (χ4v) is 2.37. The van der Waals surface area contributed by atoms with Crippen molar-refractivity contribution in [3.8, 4) is 17.2 Å². The molecular weight excluding hydrogens is 290 g/mol. The van der Waals surface area contributed by atoms with E-state index in [0.717, 1.165) is 34.1 Å². The van der Waals surface area contributed by atoms with E-state index in [4.69, 9.17) is 25.8 Å². The number of methoxy groups -OCH3 is 1. The number of benzene rings is 2. The molecule has 3 rings (SSSR count). The fourth-order valence-electron chi connectivity index (χ4n) is 2.22.